The van der Waals surface area contributed by atoms with E-state index in [4.69, 9.17) is 0 Å². The molecule has 1 aromatic carbocycles. The number of carbonyl (C=O) groups excluding carboxylic acids is 2. The minimum atomic E-state index is -0.104. The highest BCUT2D eigenvalue weighted by molar-refractivity contribution is 6.15. The monoisotopic (exact) mass is 466 g/mol. The first-order chi connectivity index (χ1) is 17.1. The maximum atomic E-state index is 13.3. The fourth-order valence-electron chi connectivity index (χ4n) is 5.35. The van der Waals surface area contributed by atoms with Gasteiger partial charge in [-0.3, -0.25) is 14.6 Å². The van der Waals surface area contributed by atoms with E-state index >= 15 is 0 Å². The van der Waals surface area contributed by atoms with E-state index in [0.717, 1.165) is 48.2 Å². The SMILES string of the molecule is Cn1cc(C(=O)c2cc(N3CCC(N4Cc5ccncc5CC4=O)CC3)ncn2)c2ccccc21. The molecule has 35 heavy (non-hydrogen) atoms. The Bertz CT molecular complexity index is 1440. The lowest BCUT2D eigenvalue weighted by atomic mass is 9.96. The van der Waals surface area contributed by atoms with Crippen LogP contribution in [-0.4, -0.2) is 55.2 Å². The number of ketones is 1. The van der Waals surface area contributed by atoms with Crippen LogP contribution in [0.3, 0.4) is 0 Å². The van der Waals surface area contributed by atoms with Crippen LogP contribution >= 0.6 is 0 Å². The molecule has 6 rings (SSSR count). The highest BCUT2D eigenvalue weighted by atomic mass is 16.2. The van der Waals surface area contributed by atoms with Crippen molar-refractivity contribution in [1.82, 2.24) is 24.4 Å². The summed E-state index contributed by atoms with van der Waals surface area (Å²) in [5.41, 5.74) is 4.28. The third kappa shape index (κ3) is 3.84. The molecule has 0 radical (unpaired) electrons. The zero-order valence-electron chi connectivity index (χ0n) is 19.6. The predicted octanol–water partition coefficient (Wildman–Crippen LogP) is 3.15. The van der Waals surface area contributed by atoms with Crippen LogP contribution in [-0.2, 0) is 24.8 Å². The first-order valence-electron chi connectivity index (χ1n) is 12.0. The summed E-state index contributed by atoms with van der Waals surface area (Å²) in [6.45, 7) is 2.20. The molecular weight excluding hydrogens is 440 g/mol. The molecule has 176 valence electrons. The minimum absolute atomic E-state index is 0.104. The highest BCUT2D eigenvalue weighted by Gasteiger charge is 2.32. The molecule has 0 atom stereocenters. The number of hydrogen-bond donors (Lipinski definition) is 0. The number of hydrogen-bond acceptors (Lipinski definition) is 6. The lowest BCUT2D eigenvalue weighted by molar-refractivity contribution is -0.134. The molecule has 2 aliphatic rings. The number of fused-ring (bicyclic) bond motifs is 2. The number of rotatable bonds is 4. The van der Waals surface area contributed by atoms with Crippen molar-refractivity contribution in [2.45, 2.75) is 31.8 Å². The smallest absolute Gasteiger partial charge is 0.227 e. The van der Waals surface area contributed by atoms with E-state index in [0.29, 0.717) is 24.2 Å². The Morgan fingerprint density at radius 3 is 2.74 bits per heavy atom. The van der Waals surface area contributed by atoms with Gasteiger partial charge in [0.05, 0.1) is 6.42 Å². The molecule has 0 N–H and O–H groups in total. The number of para-hydroxylation sites is 1. The first kappa shape index (κ1) is 21.5. The van der Waals surface area contributed by atoms with Crippen LogP contribution < -0.4 is 4.90 Å². The number of anilines is 1. The van der Waals surface area contributed by atoms with E-state index in [1.165, 1.54) is 11.9 Å². The summed E-state index contributed by atoms with van der Waals surface area (Å²) in [6.07, 6.45) is 9.09. The molecule has 1 fully saturated rings. The van der Waals surface area contributed by atoms with Crippen LogP contribution in [0.25, 0.3) is 10.9 Å². The summed E-state index contributed by atoms with van der Waals surface area (Å²) in [4.78, 5) is 43.2. The molecule has 8 nitrogen and oxygen atoms in total. The zero-order chi connectivity index (χ0) is 23.9. The normalized spacial score (nSPS) is 16.5. The van der Waals surface area contributed by atoms with Gasteiger partial charge >= 0.3 is 0 Å². The van der Waals surface area contributed by atoms with Crippen LogP contribution in [0.2, 0.25) is 0 Å². The lowest BCUT2D eigenvalue weighted by Crippen LogP contribution is -2.49. The summed E-state index contributed by atoms with van der Waals surface area (Å²) in [5.74, 6) is 0.824. The molecule has 0 aliphatic carbocycles. The van der Waals surface area contributed by atoms with Crippen LogP contribution in [0, 0.1) is 0 Å². The number of nitrogens with zero attached hydrogens (tertiary/aromatic N) is 6. The molecule has 3 aromatic heterocycles. The standard InChI is InChI=1S/C27H26N6O2/c1-31-16-22(21-4-2-3-5-24(21)31)27(35)23-13-25(30-17-29-23)32-10-7-20(8-11-32)33-15-18-6-9-28-14-19(18)12-26(33)34/h2-6,9,13-14,16-17,20H,7-8,10-12,15H2,1H3. The number of pyridine rings is 1. The summed E-state index contributed by atoms with van der Waals surface area (Å²) < 4.78 is 1.96. The van der Waals surface area contributed by atoms with Crippen LogP contribution in [0.4, 0.5) is 5.82 Å². The second kappa shape index (κ2) is 8.61. The zero-order valence-corrected chi connectivity index (χ0v) is 19.6. The fraction of sp³-hybridized carbons (Fsp3) is 0.296. The van der Waals surface area contributed by atoms with Crippen LogP contribution in [0.5, 0.6) is 0 Å². The second-order valence-corrected chi connectivity index (χ2v) is 9.32. The maximum Gasteiger partial charge on any atom is 0.227 e. The number of aromatic nitrogens is 4. The molecule has 0 saturated carbocycles. The van der Waals surface area contributed by atoms with E-state index < -0.39 is 0 Å². The van der Waals surface area contributed by atoms with Crippen LogP contribution in [0.1, 0.15) is 40.0 Å². The van der Waals surface area contributed by atoms with Gasteiger partial charge in [-0.15, -0.1) is 0 Å². The third-order valence-corrected chi connectivity index (χ3v) is 7.26. The first-order valence-corrected chi connectivity index (χ1v) is 12.0. The average Bonchev–Trinajstić information content (AvgIpc) is 3.24. The number of carbonyl (C=O) groups is 2. The Balaban J connectivity index is 1.17. The Labute approximate surface area is 203 Å². The molecular formula is C27H26N6O2. The topological polar surface area (TPSA) is 84.2 Å². The summed E-state index contributed by atoms with van der Waals surface area (Å²) >= 11 is 0. The van der Waals surface area contributed by atoms with Gasteiger partial charge in [-0.2, -0.15) is 0 Å². The molecule has 5 heterocycles. The Kier molecular flexibility index (Phi) is 5.28. The highest BCUT2D eigenvalue weighted by Crippen LogP contribution is 2.28. The van der Waals surface area contributed by atoms with Gasteiger partial charge in [0.2, 0.25) is 11.7 Å². The van der Waals surface area contributed by atoms with E-state index in [-0.39, 0.29) is 17.7 Å². The van der Waals surface area contributed by atoms with E-state index in [1.54, 1.807) is 18.5 Å². The molecule has 1 amide bonds. The van der Waals surface area contributed by atoms with Gasteiger partial charge in [0.1, 0.15) is 17.8 Å². The van der Waals surface area contributed by atoms with Crippen molar-refractivity contribution in [3.05, 3.63) is 83.7 Å². The molecule has 1 saturated heterocycles. The van der Waals surface area contributed by atoms with Gasteiger partial charge in [0, 0.05) is 73.8 Å². The Morgan fingerprint density at radius 2 is 1.89 bits per heavy atom. The number of piperidine rings is 1. The summed E-state index contributed by atoms with van der Waals surface area (Å²) in [7, 11) is 1.94. The Hall–Kier alpha value is -4.07. The minimum Gasteiger partial charge on any atom is -0.356 e. The molecule has 8 heteroatoms. The van der Waals surface area contributed by atoms with Crippen molar-refractivity contribution in [1.29, 1.82) is 0 Å². The average molecular weight is 467 g/mol. The van der Waals surface area contributed by atoms with E-state index in [9.17, 15) is 9.59 Å². The van der Waals surface area contributed by atoms with Gasteiger partial charge in [-0.1, -0.05) is 18.2 Å². The Morgan fingerprint density at radius 1 is 1.06 bits per heavy atom. The maximum absolute atomic E-state index is 13.3. The number of aryl methyl sites for hydroxylation is 1. The molecule has 4 aromatic rings. The summed E-state index contributed by atoms with van der Waals surface area (Å²) in [6, 6.07) is 11.9. The number of benzene rings is 1. The van der Waals surface area contributed by atoms with Gasteiger partial charge in [-0.05, 0) is 36.1 Å². The third-order valence-electron chi connectivity index (χ3n) is 7.26. The molecule has 2 aliphatic heterocycles. The van der Waals surface area contributed by atoms with Gasteiger partial charge in [0.25, 0.3) is 0 Å². The van der Waals surface area contributed by atoms with Crippen molar-refractivity contribution in [3.63, 3.8) is 0 Å². The van der Waals surface area contributed by atoms with Gasteiger partial charge in [0.15, 0.2) is 0 Å². The molecule has 0 bridgehead atoms. The molecule has 0 unspecified atom stereocenters. The van der Waals surface area contributed by atoms with Crippen molar-refractivity contribution < 1.29 is 9.59 Å². The quantitative estimate of drug-likeness (QED) is 0.430. The number of amides is 1. The summed E-state index contributed by atoms with van der Waals surface area (Å²) in [5, 5.41) is 0.921. The fourth-order valence-corrected chi connectivity index (χ4v) is 5.35. The van der Waals surface area contributed by atoms with E-state index in [2.05, 4.69) is 19.9 Å². The van der Waals surface area contributed by atoms with E-state index in [1.807, 2.05) is 53.0 Å². The van der Waals surface area contributed by atoms with Crippen molar-refractivity contribution in [2.24, 2.45) is 7.05 Å². The lowest BCUT2D eigenvalue weighted by Gasteiger charge is -2.41. The van der Waals surface area contributed by atoms with Crippen LogP contribution in [0.15, 0.2) is 61.3 Å². The van der Waals surface area contributed by atoms with Crippen molar-refractivity contribution >= 4 is 28.4 Å². The van der Waals surface area contributed by atoms with Gasteiger partial charge in [-0.25, -0.2) is 9.97 Å². The van der Waals surface area contributed by atoms with Crippen molar-refractivity contribution in [3.8, 4) is 0 Å². The predicted molar refractivity (Wildman–Crippen MR) is 132 cm³/mol. The van der Waals surface area contributed by atoms with Crippen molar-refractivity contribution in [2.75, 3.05) is 18.0 Å². The second-order valence-electron chi connectivity index (χ2n) is 9.32. The van der Waals surface area contributed by atoms with Gasteiger partial charge < -0.3 is 14.4 Å². The largest absolute Gasteiger partial charge is 0.356 e. The molecule has 0 spiro atoms.